The molecule has 0 unspecified atom stereocenters. The zero-order valence-electron chi connectivity index (χ0n) is 13.9. The van der Waals surface area contributed by atoms with Crippen LogP contribution >= 0.6 is 0 Å². The first-order valence-corrected chi connectivity index (χ1v) is 8.49. The SMILES string of the molecule is Cc1cccc2c1OC1(CCC1)N=C2n1cnc2c(C)cccc21. The number of hydrogen-bond donors (Lipinski definition) is 0. The maximum absolute atomic E-state index is 6.33. The second-order valence-corrected chi connectivity index (χ2v) is 6.85. The van der Waals surface area contributed by atoms with E-state index in [2.05, 4.69) is 59.8 Å². The number of para-hydroxylation sites is 2. The minimum atomic E-state index is -0.380. The third-order valence-electron chi connectivity index (χ3n) is 5.20. The average molecular weight is 317 g/mol. The van der Waals surface area contributed by atoms with Crippen molar-refractivity contribution in [3.05, 3.63) is 59.4 Å². The van der Waals surface area contributed by atoms with E-state index in [1.54, 1.807) is 0 Å². The van der Waals surface area contributed by atoms with Crippen LogP contribution < -0.4 is 4.74 Å². The van der Waals surface area contributed by atoms with Gasteiger partial charge in [0.15, 0.2) is 0 Å². The van der Waals surface area contributed by atoms with Gasteiger partial charge in [0.1, 0.15) is 17.9 Å². The Bertz CT molecular complexity index is 995. The highest BCUT2D eigenvalue weighted by Gasteiger charge is 2.43. The molecule has 24 heavy (non-hydrogen) atoms. The first-order valence-electron chi connectivity index (χ1n) is 8.49. The molecule has 1 aliphatic carbocycles. The number of hydrogen-bond acceptors (Lipinski definition) is 3. The minimum absolute atomic E-state index is 0.380. The van der Waals surface area contributed by atoms with E-state index in [9.17, 15) is 0 Å². The number of aromatic nitrogens is 2. The number of imidazole rings is 1. The van der Waals surface area contributed by atoms with E-state index in [0.29, 0.717) is 0 Å². The van der Waals surface area contributed by atoms with E-state index < -0.39 is 0 Å². The quantitative estimate of drug-likeness (QED) is 0.623. The fourth-order valence-corrected chi connectivity index (χ4v) is 3.66. The molecule has 0 amide bonds. The summed E-state index contributed by atoms with van der Waals surface area (Å²) in [6.07, 6.45) is 5.02. The minimum Gasteiger partial charge on any atom is -0.465 e. The standard InChI is InChI=1S/C20H19N3O/c1-13-6-4-9-16-17(13)21-12-23(16)19-15-8-3-7-14(2)18(15)24-20(22-19)10-5-11-20/h3-4,6-9,12H,5,10-11H2,1-2H3. The zero-order valence-corrected chi connectivity index (χ0v) is 13.9. The molecule has 0 bridgehead atoms. The van der Waals surface area contributed by atoms with E-state index in [4.69, 9.17) is 9.73 Å². The molecule has 1 spiro atoms. The van der Waals surface area contributed by atoms with Gasteiger partial charge in [0, 0.05) is 12.8 Å². The summed E-state index contributed by atoms with van der Waals surface area (Å²) in [7, 11) is 0. The predicted octanol–water partition coefficient (Wildman–Crippen LogP) is 4.22. The largest absolute Gasteiger partial charge is 0.465 e. The summed E-state index contributed by atoms with van der Waals surface area (Å²) in [5.41, 5.74) is 5.14. The number of fused-ring (bicyclic) bond motifs is 2. The smallest absolute Gasteiger partial charge is 0.202 e. The summed E-state index contributed by atoms with van der Waals surface area (Å²) >= 11 is 0. The predicted molar refractivity (Wildman–Crippen MR) is 94.8 cm³/mol. The molecule has 5 rings (SSSR count). The fourth-order valence-electron chi connectivity index (χ4n) is 3.66. The Morgan fingerprint density at radius 1 is 1.04 bits per heavy atom. The third kappa shape index (κ3) is 1.80. The molecule has 1 fully saturated rings. The summed E-state index contributed by atoms with van der Waals surface area (Å²) in [4.78, 5) is 9.66. The van der Waals surface area contributed by atoms with Gasteiger partial charge in [0.25, 0.3) is 0 Å². The number of rotatable bonds is 0. The summed E-state index contributed by atoms with van der Waals surface area (Å²) in [5.74, 6) is 1.92. The van der Waals surface area contributed by atoms with Crippen molar-refractivity contribution in [2.45, 2.75) is 38.8 Å². The molecule has 2 aromatic carbocycles. The molecule has 1 aromatic heterocycles. The molecular formula is C20H19N3O. The average Bonchev–Trinajstić information content (AvgIpc) is 2.98. The van der Waals surface area contributed by atoms with Gasteiger partial charge in [-0.15, -0.1) is 0 Å². The van der Waals surface area contributed by atoms with Crippen LogP contribution in [-0.4, -0.2) is 21.1 Å². The lowest BCUT2D eigenvalue weighted by Crippen LogP contribution is -2.45. The van der Waals surface area contributed by atoms with Crippen molar-refractivity contribution >= 4 is 16.9 Å². The molecule has 4 nitrogen and oxygen atoms in total. The second-order valence-electron chi connectivity index (χ2n) is 6.85. The number of aliphatic imine (C=N–C) groups is 1. The summed E-state index contributed by atoms with van der Waals surface area (Å²) in [6, 6.07) is 12.5. The Morgan fingerprint density at radius 3 is 2.62 bits per heavy atom. The van der Waals surface area contributed by atoms with Crippen LogP contribution in [-0.2, 0) is 0 Å². The molecule has 2 heterocycles. The van der Waals surface area contributed by atoms with E-state index in [1.807, 2.05) is 6.33 Å². The molecule has 120 valence electrons. The highest BCUT2D eigenvalue weighted by atomic mass is 16.5. The number of benzene rings is 2. The lowest BCUT2D eigenvalue weighted by atomic mass is 9.87. The van der Waals surface area contributed by atoms with Crippen LogP contribution in [0.2, 0.25) is 0 Å². The molecule has 0 radical (unpaired) electrons. The molecule has 3 aromatic rings. The van der Waals surface area contributed by atoms with Crippen LogP contribution in [0.15, 0.2) is 47.7 Å². The molecule has 0 saturated heterocycles. The van der Waals surface area contributed by atoms with Gasteiger partial charge in [-0.05, 0) is 43.5 Å². The number of ether oxygens (including phenoxy) is 1. The van der Waals surface area contributed by atoms with Crippen molar-refractivity contribution in [3.8, 4) is 5.75 Å². The number of aryl methyl sites for hydroxylation is 2. The van der Waals surface area contributed by atoms with Crippen molar-refractivity contribution in [1.82, 2.24) is 9.55 Å². The topological polar surface area (TPSA) is 39.4 Å². The molecule has 1 saturated carbocycles. The van der Waals surface area contributed by atoms with Crippen LogP contribution in [0.25, 0.3) is 11.0 Å². The molecule has 2 aliphatic rings. The Hall–Kier alpha value is -2.62. The van der Waals surface area contributed by atoms with Crippen molar-refractivity contribution in [2.75, 3.05) is 0 Å². The van der Waals surface area contributed by atoms with E-state index in [0.717, 1.165) is 46.6 Å². The Balaban J connectivity index is 1.79. The zero-order chi connectivity index (χ0) is 16.3. The van der Waals surface area contributed by atoms with E-state index >= 15 is 0 Å². The van der Waals surface area contributed by atoms with E-state index in [1.165, 1.54) is 12.0 Å². The second kappa shape index (κ2) is 4.69. The highest BCUT2D eigenvalue weighted by Crippen LogP contribution is 2.44. The lowest BCUT2D eigenvalue weighted by Gasteiger charge is -2.42. The third-order valence-corrected chi connectivity index (χ3v) is 5.20. The lowest BCUT2D eigenvalue weighted by molar-refractivity contribution is -0.00263. The maximum Gasteiger partial charge on any atom is 0.202 e. The first kappa shape index (κ1) is 13.8. The normalized spacial score (nSPS) is 18.0. The van der Waals surface area contributed by atoms with Crippen molar-refractivity contribution in [3.63, 3.8) is 0 Å². The Morgan fingerprint density at radius 2 is 1.83 bits per heavy atom. The molecule has 0 atom stereocenters. The van der Waals surface area contributed by atoms with Crippen LogP contribution in [0.4, 0.5) is 0 Å². The summed E-state index contributed by atoms with van der Waals surface area (Å²) in [6.45, 7) is 4.20. The van der Waals surface area contributed by atoms with Gasteiger partial charge in [0.2, 0.25) is 5.72 Å². The molecule has 4 heteroatoms. The van der Waals surface area contributed by atoms with Gasteiger partial charge in [-0.1, -0.05) is 24.3 Å². The van der Waals surface area contributed by atoms with Crippen LogP contribution in [0.3, 0.4) is 0 Å². The van der Waals surface area contributed by atoms with Crippen molar-refractivity contribution in [2.24, 2.45) is 4.99 Å². The van der Waals surface area contributed by atoms with Gasteiger partial charge < -0.3 is 4.74 Å². The number of nitrogens with zero attached hydrogens (tertiary/aromatic N) is 3. The fraction of sp³-hybridized carbons (Fsp3) is 0.300. The van der Waals surface area contributed by atoms with Crippen LogP contribution in [0.1, 0.15) is 36.0 Å². The van der Waals surface area contributed by atoms with Gasteiger partial charge >= 0.3 is 0 Å². The maximum atomic E-state index is 6.33. The summed E-state index contributed by atoms with van der Waals surface area (Å²) in [5, 5.41) is 0. The van der Waals surface area contributed by atoms with Crippen LogP contribution in [0.5, 0.6) is 5.75 Å². The van der Waals surface area contributed by atoms with Crippen LogP contribution in [0, 0.1) is 13.8 Å². The van der Waals surface area contributed by atoms with Crippen molar-refractivity contribution in [1.29, 1.82) is 0 Å². The van der Waals surface area contributed by atoms with E-state index in [-0.39, 0.29) is 5.72 Å². The Kier molecular flexibility index (Phi) is 2.70. The monoisotopic (exact) mass is 317 g/mol. The molecule has 0 N–H and O–H groups in total. The molecule has 1 aliphatic heterocycles. The summed E-state index contributed by atoms with van der Waals surface area (Å²) < 4.78 is 8.44. The van der Waals surface area contributed by atoms with Gasteiger partial charge in [-0.3, -0.25) is 4.57 Å². The first-order chi connectivity index (χ1) is 11.7. The molecular weight excluding hydrogens is 298 g/mol. The van der Waals surface area contributed by atoms with Gasteiger partial charge in [-0.2, -0.15) is 0 Å². The van der Waals surface area contributed by atoms with Crippen molar-refractivity contribution < 1.29 is 4.74 Å². The highest BCUT2D eigenvalue weighted by molar-refractivity contribution is 6.07. The Labute approximate surface area is 140 Å². The van der Waals surface area contributed by atoms with Gasteiger partial charge in [-0.25, -0.2) is 9.98 Å². The van der Waals surface area contributed by atoms with Gasteiger partial charge in [0.05, 0.1) is 16.6 Å².